The molecule has 4 heteroatoms. The summed E-state index contributed by atoms with van der Waals surface area (Å²) in [5.74, 6) is 1.34. The standard InChI is InChI=1S/C19H19NO3/c1-13-5-3-4-6-15(13)8-10-19(21)20-14(2)16-7-9-17-18(11-16)23-12-22-17/h3-11,14H,12H2,1-2H3,(H,20,21)/b10-8+. The van der Waals surface area contributed by atoms with Gasteiger partial charge in [0, 0.05) is 6.08 Å². The van der Waals surface area contributed by atoms with Crippen LogP contribution in [0.3, 0.4) is 0 Å². The SMILES string of the molecule is Cc1ccccc1/C=C/C(=O)NC(C)c1ccc2c(c1)OCO2. The van der Waals surface area contributed by atoms with Crippen molar-refractivity contribution in [1.29, 1.82) is 0 Å². The quantitative estimate of drug-likeness (QED) is 0.878. The monoisotopic (exact) mass is 309 g/mol. The van der Waals surface area contributed by atoms with E-state index in [1.807, 2.05) is 62.4 Å². The number of carbonyl (C=O) groups excluding carboxylic acids is 1. The predicted octanol–water partition coefficient (Wildman–Crippen LogP) is 3.61. The predicted molar refractivity (Wildman–Crippen MR) is 89.3 cm³/mol. The van der Waals surface area contributed by atoms with Gasteiger partial charge in [-0.1, -0.05) is 30.3 Å². The van der Waals surface area contributed by atoms with Crippen molar-refractivity contribution in [3.05, 3.63) is 65.2 Å². The second-order valence-corrected chi connectivity index (χ2v) is 5.53. The van der Waals surface area contributed by atoms with Crippen molar-refractivity contribution in [2.75, 3.05) is 6.79 Å². The second-order valence-electron chi connectivity index (χ2n) is 5.53. The maximum absolute atomic E-state index is 12.1. The molecule has 0 bridgehead atoms. The van der Waals surface area contributed by atoms with Gasteiger partial charge in [-0.15, -0.1) is 0 Å². The Morgan fingerprint density at radius 1 is 1.17 bits per heavy atom. The topological polar surface area (TPSA) is 47.6 Å². The fourth-order valence-corrected chi connectivity index (χ4v) is 2.47. The number of rotatable bonds is 4. The molecule has 0 aliphatic carbocycles. The van der Waals surface area contributed by atoms with Gasteiger partial charge in [0.15, 0.2) is 11.5 Å². The Bertz CT molecular complexity index is 752. The maximum atomic E-state index is 12.1. The van der Waals surface area contributed by atoms with Gasteiger partial charge in [-0.25, -0.2) is 0 Å². The van der Waals surface area contributed by atoms with Crippen LogP contribution < -0.4 is 14.8 Å². The van der Waals surface area contributed by atoms with Crippen molar-refractivity contribution >= 4 is 12.0 Å². The first-order valence-corrected chi connectivity index (χ1v) is 7.57. The van der Waals surface area contributed by atoms with Crippen molar-refractivity contribution in [3.8, 4) is 11.5 Å². The molecule has 1 heterocycles. The van der Waals surface area contributed by atoms with Crippen LogP contribution >= 0.6 is 0 Å². The molecule has 1 aliphatic rings. The van der Waals surface area contributed by atoms with E-state index in [9.17, 15) is 4.79 Å². The van der Waals surface area contributed by atoms with Crippen molar-refractivity contribution in [2.24, 2.45) is 0 Å². The summed E-state index contributed by atoms with van der Waals surface area (Å²) in [6.07, 6.45) is 3.39. The van der Waals surface area contributed by atoms with Gasteiger partial charge in [0.25, 0.3) is 0 Å². The molecule has 1 unspecified atom stereocenters. The largest absolute Gasteiger partial charge is 0.454 e. The van der Waals surface area contributed by atoms with Gasteiger partial charge in [-0.05, 0) is 48.7 Å². The molecule has 0 aromatic heterocycles. The van der Waals surface area contributed by atoms with Gasteiger partial charge in [0.05, 0.1) is 6.04 Å². The Balaban J connectivity index is 1.64. The van der Waals surface area contributed by atoms with E-state index in [0.717, 1.165) is 28.2 Å². The minimum absolute atomic E-state index is 0.112. The van der Waals surface area contributed by atoms with E-state index in [2.05, 4.69) is 5.32 Å². The number of hydrogen-bond acceptors (Lipinski definition) is 3. The number of fused-ring (bicyclic) bond motifs is 1. The van der Waals surface area contributed by atoms with E-state index in [1.54, 1.807) is 6.08 Å². The molecule has 4 nitrogen and oxygen atoms in total. The normalized spacial score (nSPS) is 14.0. The smallest absolute Gasteiger partial charge is 0.244 e. The van der Waals surface area contributed by atoms with Gasteiger partial charge in [-0.2, -0.15) is 0 Å². The lowest BCUT2D eigenvalue weighted by Crippen LogP contribution is -2.24. The van der Waals surface area contributed by atoms with E-state index >= 15 is 0 Å². The molecule has 118 valence electrons. The third kappa shape index (κ3) is 3.54. The molecule has 0 saturated carbocycles. The minimum Gasteiger partial charge on any atom is -0.454 e. The van der Waals surface area contributed by atoms with E-state index in [0.29, 0.717) is 0 Å². The molecule has 3 rings (SSSR count). The number of nitrogens with one attached hydrogen (secondary N) is 1. The van der Waals surface area contributed by atoms with Gasteiger partial charge >= 0.3 is 0 Å². The molecular weight excluding hydrogens is 290 g/mol. The van der Waals surface area contributed by atoms with Crippen LogP contribution in [0.25, 0.3) is 6.08 Å². The summed E-state index contributed by atoms with van der Waals surface area (Å²) >= 11 is 0. The van der Waals surface area contributed by atoms with E-state index in [4.69, 9.17) is 9.47 Å². The van der Waals surface area contributed by atoms with E-state index < -0.39 is 0 Å². The zero-order chi connectivity index (χ0) is 16.2. The van der Waals surface area contributed by atoms with E-state index in [-0.39, 0.29) is 18.7 Å². The van der Waals surface area contributed by atoms with Crippen LogP contribution in [-0.4, -0.2) is 12.7 Å². The van der Waals surface area contributed by atoms with Gasteiger partial charge in [0.2, 0.25) is 12.7 Å². The van der Waals surface area contributed by atoms with Crippen LogP contribution in [0, 0.1) is 6.92 Å². The lowest BCUT2D eigenvalue weighted by molar-refractivity contribution is -0.117. The van der Waals surface area contributed by atoms with Crippen LogP contribution in [0.1, 0.15) is 29.7 Å². The lowest BCUT2D eigenvalue weighted by atomic mass is 10.1. The third-order valence-electron chi connectivity index (χ3n) is 3.86. The molecule has 23 heavy (non-hydrogen) atoms. The molecule has 2 aromatic carbocycles. The average molecular weight is 309 g/mol. The average Bonchev–Trinajstić information content (AvgIpc) is 3.01. The van der Waals surface area contributed by atoms with Crippen LogP contribution in [0.4, 0.5) is 0 Å². The fourth-order valence-electron chi connectivity index (χ4n) is 2.47. The van der Waals surface area contributed by atoms with Crippen molar-refractivity contribution in [1.82, 2.24) is 5.32 Å². The first-order chi connectivity index (χ1) is 11.1. The maximum Gasteiger partial charge on any atom is 0.244 e. The van der Waals surface area contributed by atoms with Gasteiger partial charge < -0.3 is 14.8 Å². The molecule has 0 spiro atoms. The highest BCUT2D eigenvalue weighted by Crippen LogP contribution is 2.34. The highest BCUT2D eigenvalue weighted by Gasteiger charge is 2.16. The Kier molecular flexibility index (Phi) is 4.33. The number of ether oxygens (including phenoxy) is 2. The summed E-state index contributed by atoms with van der Waals surface area (Å²) in [5, 5.41) is 2.95. The van der Waals surface area contributed by atoms with Crippen LogP contribution in [0.15, 0.2) is 48.5 Å². The molecule has 1 N–H and O–H groups in total. The molecular formula is C19H19NO3. The fraction of sp³-hybridized carbons (Fsp3) is 0.211. The number of hydrogen-bond donors (Lipinski definition) is 1. The van der Waals surface area contributed by atoms with Crippen molar-refractivity contribution in [3.63, 3.8) is 0 Å². The number of carbonyl (C=O) groups is 1. The summed E-state index contributed by atoms with van der Waals surface area (Å²) in [5.41, 5.74) is 3.16. The molecule has 1 aliphatic heterocycles. The Hall–Kier alpha value is -2.75. The Morgan fingerprint density at radius 3 is 2.78 bits per heavy atom. The molecule has 0 saturated heterocycles. The zero-order valence-corrected chi connectivity index (χ0v) is 13.2. The third-order valence-corrected chi connectivity index (χ3v) is 3.86. The van der Waals surface area contributed by atoms with Gasteiger partial charge in [-0.3, -0.25) is 4.79 Å². The van der Waals surface area contributed by atoms with Crippen LogP contribution in [0.5, 0.6) is 11.5 Å². The first kappa shape index (κ1) is 15.2. The zero-order valence-electron chi connectivity index (χ0n) is 13.2. The minimum atomic E-state index is -0.126. The molecule has 1 amide bonds. The Morgan fingerprint density at radius 2 is 1.96 bits per heavy atom. The summed E-state index contributed by atoms with van der Waals surface area (Å²) in [6, 6.07) is 13.5. The highest BCUT2D eigenvalue weighted by molar-refractivity contribution is 5.92. The Labute approximate surface area is 135 Å². The van der Waals surface area contributed by atoms with Gasteiger partial charge in [0.1, 0.15) is 0 Å². The molecule has 2 aromatic rings. The summed E-state index contributed by atoms with van der Waals surface area (Å²) in [6.45, 7) is 4.21. The molecule has 0 fully saturated rings. The highest BCUT2D eigenvalue weighted by atomic mass is 16.7. The summed E-state index contributed by atoms with van der Waals surface area (Å²) in [4.78, 5) is 12.1. The lowest BCUT2D eigenvalue weighted by Gasteiger charge is -2.13. The molecule has 0 radical (unpaired) electrons. The molecule has 1 atom stereocenters. The van der Waals surface area contributed by atoms with E-state index in [1.165, 1.54) is 0 Å². The van der Waals surface area contributed by atoms with Crippen LogP contribution in [0.2, 0.25) is 0 Å². The number of aryl methyl sites for hydroxylation is 1. The van der Waals surface area contributed by atoms with Crippen molar-refractivity contribution < 1.29 is 14.3 Å². The first-order valence-electron chi connectivity index (χ1n) is 7.57. The summed E-state index contributed by atoms with van der Waals surface area (Å²) in [7, 11) is 0. The van der Waals surface area contributed by atoms with Crippen LogP contribution in [-0.2, 0) is 4.79 Å². The second kappa shape index (κ2) is 6.57. The van der Waals surface area contributed by atoms with Crippen molar-refractivity contribution in [2.45, 2.75) is 19.9 Å². The number of benzene rings is 2. The number of amides is 1. The summed E-state index contributed by atoms with van der Waals surface area (Å²) < 4.78 is 10.7.